The van der Waals surface area contributed by atoms with Gasteiger partial charge in [-0.15, -0.1) is 0 Å². The standard InChI is InChI=1S/C16H22O7S.K.H/c1-15(2,3)9-7-8(13(17)18)12(24(21,22)23)11(16(4,5)6)10(9)14(19)20;;/h7H,1-6H3,(H,17,18)(H,19,20)(H,21,22,23);;/q;+1;-1. The van der Waals surface area contributed by atoms with Crippen molar-refractivity contribution < 1.29 is 85.6 Å². The average molecular weight is 399 g/mol. The molecule has 0 amide bonds. The van der Waals surface area contributed by atoms with Crippen molar-refractivity contribution >= 4 is 22.1 Å². The Labute approximate surface area is 191 Å². The zero-order valence-electron chi connectivity index (χ0n) is 16.5. The van der Waals surface area contributed by atoms with Gasteiger partial charge in [-0.25, -0.2) is 9.59 Å². The van der Waals surface area contributed by atoms with Crippen LogP contribution in [0.5, 0.6) is 0 Å². The Kier molecular flexibility index (Phi) is 7.66. The molecule has 0 atom stereocenters. The van der Waals surface area contributed by atoms with Crippen molar-refractivity contribution in [3.05, 3.63) is 28.3 Å². The molecule has 0 fully saturated rings. The Bertz CT molecular complexity index is 818. The Morgan fingerprint density at radius 3 is 1.64 bits per heavy atom. The third-order valence-corrected chi connectivity index (χ3v) is 4.48. The van der Waals surface area contributed by atoms with E-state index < -0.39 is 43.3 Å². The van der Waals surface area contributed by atoms with Gasteiger partial charge in [-0.3, -0.25) is 4.55 Å². The van der Waals surface area contributed by atoms with Gasteiger partial charge < -0.3 is 11.6 Å². The van der Waals surface area contributed by atoms with E-state index in [2.05, 4.69) is 0 Å². The van der Waals surface area contributed by atoms with Gasteiger partial charge >= 0.3 is 63.3 Å². The molecule has 0 saturated heterocycles. The minimum atomic E-state index is -4.95. The van der Waals surface area contributed by atoms with E-state index in [9.17, 15) is 32.8 Å². The molecular weight excluding hydrogens is 375 g/mol. The normalized spacial score (nSPS) is 12.4. The number of carbonyl (C=O) groups is 2. The van der Waals surface area contributed by atoms with Crippen LogP contribution in [-0.2, 0) is 20.9 Å². The van der Waals surface area contributed by atoms with Crippen LogP contribution in [-0.4, -0.2) is 35.1 Å². The third-order valence-electron chi connectivity index (χ3n) is 3.54. The number of hydrogen-bond acceptors (Lipinski definition) is 4. The zero-order chi connectivity index (χ0) is 19.2. The first-order valence-corrected chi connectivity index (χ1v) is 8.59. The molecule has 0 heterocycles. The van der Waals surface area contributed by atoms with Crippen LogP contribution in [0, 0.1) is 0 Å². The summed E-state index contributed by atoms with van der Waals surface area (Å²) in [6, 6.07) is 1.02. The topological polar surface area (TPSA) is 129 Å². The quantitative estimate of drug-likeness (QED) is 0.484. The van der Waals surface area contributed by atoms with Gasteiger partial charge in [-0.05, 0) is 28.0 Å². The van der Waals surface area contributed by atoms with E-state index in [1.807, 2.05) is 0 Å². The van der Waals surface area contributed by atoms with E-state index >= 15 is 0 Å². The van der Waals surface area contributed by atoms with Gasteiger partial charge in [0.1, 0.15) is 4.90 Å². The van der Waals surface area contributed by atoms with Crippen LogP contribution in [0.4, 0.5) is 0 Å². The molecule has 1 aromatic carbocycles. The minimum Gasteiger partial charge on any atom is -1.00 e. The number of carboxylic acid groups (broad SMARTS) is 2. The van der Waals surface area contributed by atoms with Crippen molar-refractivity contribution in [2.45, 2.75) is 57.3 Å². The van der Waals surface area contributed by atoms with Gasteiger partial charge in [0.2, 0.25) is 0 Å². The van der Waals surface area contributed by atoms with Crippen LogP contribution in [0.25, 0.3) is 0 Å². The summed E-state index contributed by atoms with van der Waals surface area (Å²) in [5.74, 6) is -2.94. The van der Waals surface area contributed by atoms with Crippen LogP contribution < -0.4 is 51.4 Å². The van der Waals surface area contributed by atoms with Gasteiger partial charge in [-0.2, -0.15) is 8.42 Å². The van der Waals surface area contributed by atoms with Gasteiger partial charge in [0, 0.05) is 0 Å². The maximum Gasteiger partial charge on any atom is 1.00 e. The predicted molar refractivity (Wildman–Crippen MR) is 88.7 cm³/mol. The third kappa shape index (κ3) is 5.35. The molecule has 25 heavy (non-hydrogen) atoms. The number of aromatic carboxylic acids is 2. The molecule has 0 aliphatic rings. The van der Waals surface area contributed by atoms with Crippen molar-refractivity contribution in [1.82, 2.24) is 0 Å². The summed E-state index contributed by atoms with van der Waals surface area (Å²) in [7, 11) is -4.95. The maximum absolute atomic E-state index is 11.9. The zero-order valence-corrected chi connectivity index (χ0v) is 19.4. The van der Waals surface area contributed by atoms with Crippen LogP contribution in [0.2, 0.25) is 0 Å². The molecule has 3 N–H and O–H groups in total. The molecule has 0 aliphatic heterocycles. The van der Waals surface area contributed by atoms with Crippen molar-refractivity contribution in [2.24, 2.45) is 0 Å². The summed E-state index contributed by atoms with van der Waals surface area (Å²) in [6.45, 7) is 9.75. The molecule has 1 rings (SSSR count). The van der Waals surface area contributed by atoms with Crippen LogP contribution in [0.15, 0.2) is 11.0 Å². The largest absolute Gasteiger partial charge is 1.00 e. The van der Waals surface area contributed by atoms with E-state index in [1.54, 1.807) is 41.5 Å². The second-order valence-electron chi connectivity index (χ2n) is 7.64. The molecule has 0 saturated carbocycles. The van der Waals surface area contributed by atoms with E-state index in [1.165, 1.54) is 0 Å². The minimum absolute atomic E-state index is 0. The first kappa shape index (κ1) is 24.7. The first-order valence-electron chi connectivity index (χ1n) is 7.15. The second-order valence-corrected chi connectivity index (χ2v) is 8.99. The van der Waals surface area contributed by atoms with Gasteiger partial charge in [-0.1, -0.05) is 41.5 Å². The summed E-state index contributed by atoms with van der Waals surface area (Å²) < 4.78 is 33.3. The molecule has 0 spiro atoms. The molecular formula is C16H23KO7S. The second kappa shape index (κ2) is 7.75. The Morgan fingerprint density at radius 2 is 1.40 bits per heavy atom. The molecule has 0 unspecified atom stereocenters. The van der Waals surface area contributed by atoms with Crippen molar-refractivity contribution in [3.63, 3.8) is 0 Å². The monoisotopic (exact) mass is 398 g/mol. The number of hydrogen-bond donors (Lipinski definition) is 3. The Balaban J connectivity index is 0. The molecule has 7 nitrogen and oxygen atoms in total. The van der Waals surface area contributed by atoms with Gasteiger partial charge in [0.15, 0.2) is 0 Å². The Morgan fingerprint density at radius 1 is 0.960 bits per heavy atom. The molecule has 0 aromatic heterocycles. The summed E-state index contributed by atoms with van der Waals surface area (Å²) in [6.07, 6.45) is 0. The summed E-state index contributed by atoms with van der Waals surface area (Å²) in [5.41, 5.74) is -2.77. The van der Waals surface area contributed by atoms with Gasteiger partial charge in [0.25, 0.3) is 10.1 Å². The van der Waals surface area contributed by atoms with Crippen molar-refractivity contribution in [2.75, 3.05) is 0 Å². The maximum atomic E-state index is 11.9. The molecule has 1 aromatic rings. The van der Waals surface area contributed by atoms with E-state index in [4.69, 9.17) is 0 Å². The van der Waals surface area contributed by atoms with Crippen LogP contribution in [0.3, 0.4) is 0 Å². The average Bonchev–Trinajstić information content (AvgIpc) is 2.32. The van der Waals surface area contributed by atoms with Crippen LogP contribution in [0.1, 0.15) is 74.8 Å². The first-order chi connectivity index (χ1) is 10.5. The van der Waals surface area contributed by atoms with Gasteiger partial charge in [0.05, 0.1) is 11.1 Å². The fourth-order valence-corrected chi connectivity index (χ4v) is 3.71. The smallest absolute Gasteiger partial charge is 1.00 e. The summed E-state index contributed by atoms with van der Waals surface area (Å²) >= 11 is 0. The Hall–Kier alpha value is -0.294. The van der Waals surface area contributed by atoms with E-state index in [0.717, 1.165) is 6.07 Å². The number of carboxylic acids is 2. The number of benzene rings is 1. The summed E-state index contributed by atoms with van der Waals surface area (Å²) in [5, 5.41) is 19.1. The predicted octanol–water partition coefficient (Wildman–Crippen LogP) is 0.0412. The van der Waals surface area contributed by atoms with Crippen molar-refractivity contribution in [1.29, 1.82) is 0 Å². The molecule has 0 aliphatic carbocycles. The molecule has 9 heteroatoms. The van der Waals surface area contributed by atoms with Crippen LogP contribution >= 0.6 is 0 Å². The number of rotatable bonds is 3. The molecule has 136 valence electrons. The molecule has 0 bridgehead atoms. The van der Waals surface area contributed by atoms with Crippen molar-refractivity contribution in [3.8, 4) is 0 Å². The summed E-state index contributed by atoms with van der Waals surface area (Å²) in [4.78, 5) is 22.6. The van der Waals surface area contributed by atoms with E-state index in [-0.39, 0.29) is 69.5 Å². The SMILES string of the molecule is CC(C)(C)c1cc(C(=O)O)c(S(=O)(=O)O)c(C(C)(C)C)c1C(=O)O.[H-].[K+]. The van der Waals surface area contributed by atoms with E-state index in [0.29, 0.717) is 0 Å². The fourth-order valence-electron chi connectivity index (χ4n) is 2.62. The fraction of sp³-hybridized carbons (Fsp3) is 0.500. The molecule has 0 radical (unpaired) electrons.